The molecule has 0 saturated heterocycles. The van der Waals surface area contributed by atoms with E-state index in [4.69, 9.17) is 23.7 Å². The molecule has 9 heteroatoms. The minimum Gasteiger partial charge on any atom is -0.496 e. The molecule has 0 fully saturated rings. The summed E-state index contributed by atoms with van der Waals surface area (Å²) >= 11 is 0. The van der Waals surface area contributed by atoms with Crippen LogP contribution in [0.4, 0.5) is 0 Å². The van der Waals surface area contributed by atoms with E-state index in [1.54, 1.807) is 26.2 Å². The molecule has 3 rings (SSSR count). The van der Waals surface area contributed by atoms with E-state index >= 15 is 0 Å². The zero-order valence-corrected chi connectivity index (χ0v) is 26.2. The van der Waals surface area contributed by atoms with Gasteiger partial charge in [-0.1, -0.05) is 62.2 Å². The molecule has 240 valence electrons. The number of esters is 4. The van der Waals surface area contributed by atoms with E-state index in [0.29, 0.717) is 36.3 Å². The second-order valence-corrected chi connectivity index (χ2v) is 10.2. The Kier molecular flexibility index (Phi) is 13.5. The Labute approximate surface area is 269 Å². The Morgan fingerprint density at radius 1 is 0.717 bits per heavy atom. The quantitative estimate of drug-likeness (QED) is 0.0763. The topological polar surface area (TPSA) is 114 Å². The monoisotopic (exact) mass is 626 g/mol. The fourth-order valence-electron chi connectivity index (χ4n) is 4.41. The van der Waals surface area contributed by atoms with Crippen molar-refractivity contribution in [2.45, 2.75) is 39.2 Å². The second-order valence-electron chi connectivity index (χ2n) is 10.2. The summed E-state index contributed by atoms with van der Waals surface area (Å²) in [4.78, 5) is 47.3. The van der Waals surface area contributed by atoms with Gasteiger partial charge in [0.1, 0.15) is 18.1 Å². The Morgan fingerprint density at radius 3 is 1.93 bits per heavy atom. The van der Waals surface area contributed by atoms with Crippen molar-refractivity contribution in [2.75, 3.05) is 20.3 Å². The molecule has 9 nitrogen and oxygen atoms in total. The first-order valence-corrected chi connectivity index (χ1v) is 14.6. The van der Waals surface area contributed by atoms with Gasteiger partial charge in [0.15, 0.2) is 0 Å². The predicted octanol–water partition coefficient (Wildman–Crippen LogP) is 6.06. The average molecular weight is 627 g/mol. The fourth-order valence-corrected chi connectivity index (χ4v) is 4.41. The highest BCUT2D eigenvalue weighted by molar-refractivity contribution is 5.87. The Morgan fingerprint density at radius 2 is 1.33 bits per heavy atom. The summed E-state index contributed by atoms with van der Waals surface area (Å²) in [6.45, 7) is 12.4. The number of methoxy groups -OCH3 is 1. The lowest BCUT2D eigenvalue weighted by Crippen LogP contribution is -2.11. The SMILES string of the molecule is C=CC(=O)OCCc1ccc(CCC(=O)Oc2ccc(-c3ccc(COC(=O)C(=C)C)c(OC)c3)cc2)cc1CCOC(=O)C=C. The molecular formula is C37H38O9. The van der Waals surface area contributed by atoms with Crippen molar-refractivity contribution in [3.63, 3.8) is 0 Å². The number of benzene rings is 3. The summed E-state index contributed by atoms with van der Waals surface area (Å²) in [6.07, 6.45) is 3.73. The lowest BCUT2D eigenvalue weighted by atomic mass is 9.97. The number of hydrogen-bond acceptors (Lipinski definition) is 9. The van der Waals surface area contributed by atoms with Gasteiger partial charge in [0.2, 0.25) is 0 Å². The van der Waals surface area contributed by atoms with E-state index in [0.717, 1.165) is 45.5 Å². The Hall–Kier alpha value is -5.44. The maximum atomic E-state index is 12.7. The highest BCUT2D eigenvalue weighted by Crippen LogP contribution is 2.29. The lowest BCUT2D eigenvalue weighted by Gasteiger charge is -2.13. The van der Waals surface area contributed by atoms with Gasteiger partial charge in [-0.15, -0.1) is 0 Å². The van der Waals surface area contributed by atoms with Crippen molar-refractivity contribution < 1.29 is 42.9 Å². The summed E-state index contributed by atoms with van der Waals surface area (Å²) in [5.41, 5.74) is 5.58. The first-order valence-electron chi connectivity index (χ1n) is 14.6. The van der Waals surface area contributed by atoms with E-state index in [-0.39, 0.29) is 32.2 Å². The summed E-state index contributed by atoms with van der Waals surface area (Å²) in [5, 5.41) is 0. The molecule has 3 aromatic carbocycles. The maximum absolute atomic E-state index is 12.7. The molecule has 46 heavy (non-hydrogen) atoms. The van der Waals surface area contributed by atoms with Gasteiger partial charge in [0, 0.05) is 42.6 Å². The minimum absolute atomic E-state index is 0.0634. The first-order chi connectivity index (χ1) is 22.1. The molecule has 0 aliphatic carbocycles. The standard InChI is InChI=1S/C37H38O9/c1-6-34(38)43-20-18-28-10-8-26(22-30(28)19-21-44-35(39)7-2)9-17-36(40)46-32-15-13-27(14-16-32)29-11-12-31(33(23-29)42-5)24-45-37(41)25(3)4/h6-8,10-16,22-23H,1-3,9,17-21,24H2,4-5H3. The molecule has 0 heterocycles. The van der Waals surface area contributed by atoms with Crippen LogP contribution in [0.5, 0.6) is 11.5 Å². The zero-order valence-electron chi connectivity index (χ0n) is 26.2. The van der Waals surface area contributed by atoms with Crippen molar-refractivity contribution >= 4 is 23.9 Å². The lowest BCUT2D eigenvalue weighted by molar-refractivity contribution is -0.140. The average Bonchev–Trinajstić information content (AvgIpc) is 3.06. The van der Waals surface area contributed by atoms with Crippen LogP contribution in [0.3, 0.4) is 0 Å². The third-order valence-corrected chi connectivity index (χ3v) is 6.87. The van der Waals surface area contributed by atoms with Crippen LogP contribution in [-0.4, -0.2) is 44.2 Å². The normalized spacial score (nSPS) is 10.3. The number of carbonyl (C=O) groups excluding carboxylic acids is 4. The Balaban J connectivity index is 1.60. The van der Waals surface area contributed by atoms with Gasteiger partial charge >= 0.3 is 23.9 Å². The summed E-state index contributed by atoms with van der Waals surface area (Å²) in [7, 11) is 1.55. The van der Waals surface area contributed by atoms with Crippen molar-refractivity contribution in [3.05, 3.63) is 120 Å². The van der Waals surface area contributed by atoms with Crippen LogP contribution in [0.25, 0.3) is 11.1 Å². The van der Waals surface area contributed by atoms with E-state index in [2.05, 4.69) is 19.7 Å². The largest absolute Gasteiger partial charge is 0.496 e. The minimum atomic E-state index is -0.509. The van der Waals surface area contributed by atoms with Gasteiger partial charge in [-0.3, -0.25) is 4.79 Å². The van der Waals surface area contributed by atoms with Crippen LogP contribution in [0, 0.1) is 0 Å². The smallest absolute Gasteiger partial charge is 0.333 e. The van der Waals surface area contributed by atoms with Crippen LogP contribution in [-0.2, 0) is 59.3 Å². The maximum Gasteiger partial charge on any atom is 0.333 e. The van der Waals surface area contributed by atoms with Crippen LogP contribution < -0.4 is 9.47 Å². The van der Waals surface area contributed by atoms with Crippen LogP contribution in [0.1, 0.15) is 35.6 Å². The van der Waals surface area contributed by atoms with Gasteiger partial charge in [-0.05, 0) is 59.4 Å². The number of ether oxygens (including phenoxy) is 5. The van der Waals surface area contributed by atoms with E-state index < -0.39 is 17.9 Å². The molecule has 3 aromatic rings. The molecule has 0 amide bonds. The molecule has 0 N–H and O–H groups in total. The number of carbonyl (C=O) groups is 4. The van der Waals surface area contributed by atoms with Crippen molar-refractivity contribution in [1.29, 1.82) is 0 Å². The summed E-state index contributed by atoms with van der Waals surface area (Å²) in [5.74, 6) is -0.871. The van der Waals surface area contributed by atoms with Crippen LogP contribution in [0.2, 0.25) is 0 Å². The van der Waals surface area contributed by atoms with E-state index in [1.165, 1.54) is 0 Å². The van der Waals surface area contributed by atoms with Gasteiger partial charge in [0.25, 0.3) is 0 Å². The fraction of sp³-hybridized carbons (Fsp3) is 0.243. The molecule has 0 atom stereocenters. The molecular weight excluding hydrogens is 588 g/mol. The number of rotatable bonds is 17. The highest BCUT2D eigenvalue weighted by atomic mass is 16.5. The van der Waals surface area contributed by atoms with Crippen LogP contribution >= 0.6 is 0 Å². The summed E-state index contributed by atoms with van der Waals surface area (Å²) < 4.78 is 26.5. The molecule has 0 spiro atoms. The molecule has 0 aromatic heterocycles. The van der Waals surface area contributed by atoms with Crippen molar-refractivity contribution in [1.82, 2.24) is 0 Å². The molecule has 0 aliphatic heterocycles. The summed E-state index contributed by atoms with van der Waals surface area (Å²) in [6, 6.07) is 18.5. The van der Waals surface area contributed by atoms with E-state index in [1.807, 2.05) is 48.5 Å². The highest BCUT2D eigenvalue weighted by Gasteiger charge is 2.12. The third-order valence-electron chi connectivity index (χ3n) is 6.87. The van der Waals surface area contributed by atoms with Gasteiger partial charge in [-0.25, -0.2) is 14.4 Å². The molecule has 0 unspecified atom stereocenters. The van der Waals surface area contributed by atoms with Crippen LogP contribution in [0.15, 0.2) is 98.1 Å². The molecule has 0 radical (unpaired) electrons. The van der Waals surface area contributed by atoms with Crippen molar-refractivity contribution in [2.24, 2.45) is 0 Å². The number of aryl methyl sites for hydroxylation is 1. The molecule has 0 aliphatic rings. The first kappa shape index (κ1) is 35.0. The molecule has 0 saturated carbocycles. The predicted molar refractivity (Wildman–Crippen MR) is 173 cm³/mol. The second kappa shape index (κ2) is 17.8. The van der Waals surface area contributed by atoms with Crippen molar-refractivity contribution in [3.8, 4) is 22.6 Å². The molecule has 0 bridgehead atoms. The zero-order chi connectivity index (χ0) is 33.5. The Bertz CT molecular complexity index is 1580. The van der Waals surface area contributed by atoms with Gasteiger partial charge < -0.3 is 23.7 Å². The van der Waals surface area contributed by atoms with Gasteiger partial charge in [0.05, 0.1) is 20.3 Å². The third kappa shape index (κ3) is 10.9. The number of hydrogen-bond donors (Lipinski definition) is 0. The van der Waals surface area contributed by atoms with E-state index in [9.17, 15) is 19.2 Å². The van der Waals surface area contributed by atoms with Gasteiger partial charge in [-0.2, -0.15) is 0 Å².